The number of nitriles is 1. The molecule has 3 aliphatic rings. The quantitative estimate of drug-likeness (QED) is 0.875. The van der Waals surface area contributed by atoms with Crippen LogP contribution in [0, 0.1) is 11.3 Å². The molecule has 0 aliphatic carbocycles. The van der Waals surface area contributed by atoms with Crippen molar-refractivity contribution in [2.75, 3.05) is 56.2 Å². The minimum atomic E-state index is 0.623. The molecule has 0 amide bonds. The van der Waals surface area contributed by atoms with Gasteiger partial charge in [0.1, 0.15) is 6.07 Å². The fraction of sp³-hybridized carbons (Fsp3) is 0.348. The van der Waals surface area contributed by atoms with Crippen LogP contribution >= 0.6 is 0 Å². The van der Waals surface area contributed by atoms with E-state index in [-0.39, 0.29) is 0 Å². The minimum absolute atomic E-state index is 0.623. The first-order valence-corrected chi connectivity index (χ1v) is 9.90. The van der Waals surface area contributed by atoms with Crippen molar-refractivity contribution in [3.05, 3.63) is 65.7 Å². The Hall–Kier alpha value is -2.81. The minimum Gasteiger partial charge on any atom is -0.381 e. The van der Waals surface area contributed by atoms with Gasteiger partial charge in [-0.3, -0.25) is 4.90 Å². The molecule has 3 aliphatic heterocycles. The van der Waals surface area contributed by atoms with Gasteiger partial charge in [-0.05, 0) is 23.8 Å². The maximum Gasteiger partial charge on any atom is 0.101 e. The number of nitrogens with zero attached hydrogens (tertiary/aromatic N) is 3. The van der Waals surface area contributed by atoms with Gasteiger partial charge in [-0.1, -0.05) is 42.5 Å². The summed E-state index contributed by atoms with van der Waals surface area (Å²) in [6.45, 7) is 6.84. The number of hydrogen-bond acceptors (Lipinski definition) is 5. The van der Waals surface area contributed by atoms with Gasteiger partial charge in [0.25, 0.3) is 0 Å². The van der Waals surface area contributed by atoms with Crippen molar-refractivity contribution in [3.63, 3.8) is 0 Å². The van der Waals surface area contributed by atoms with Gasteiger partial charge in [0, 0.05) is 38.4 Å². The Morgan fingerprint density at radius 2 is 1.71 bits per heavy atom. The van der Waals surface area contributed by atoms with E-state index in [0.717, 1.165) is 57.2 Å². The molecule has 144 valence electrons. The summed E-state index contributed by atoms with van der Waals surface area (Å²) in [4.78, 5) is 4.81. The molecule has 3 heterocycles. The van der Waals surface area contributed by atoms with Crippen molar-refractivity contribution in [2.24, 2.45) is 0 Å². The standard InChI is InChI=1S/C14H17N3O.C9H9N/c15-9-12-3-1-2-4-14(12)17-7-5-16(6-8-17)13-10-18-11-13;1-2-6-9-8(4-1)5-3-7-10-9/h1-4,13H,5-8,10-11H2;1-6,10H,7H2. The van der Waals surface area contributed by atoms with Crippen LogP contribution in [0.25, 0.3) is 6.08 Å². The third kappa shape index (κ3) is 4.19. The van der Waals surface area contributed by atoms with Gasteiger partial charge in [-0.25, -0.2) is 0 Å². The number of piperazine rings is 1. The van der Waals surface area contributed by atoms with E-state index in [0.29, 0.717) is 6.04 Å². The van der Waals surface area contributed by atoms with Crippen molar-refractivity contribution >= 4 is 17.5 Å². The van der Waals surface area contributed by atoms with Crippen molar-refractivity contribution in [1.82, 2.24) is 4.90 Å². The number of fused-ring (bicyclic) bond motifs is 1. The van der Waals surface area contributed by atoms with Gasteiger partial charge < -0.3 is 15.0 Å². The Balaban J connectivity index is 0.000000162. The molecule has 5 heteroatoms. The fourth-order valence-corrected chi connectivity index (χ4v) is 3.76. The second-order valence-electron chi connectivity index (χ2n) is 7.21. The summed E-state index contributed by atoms with van der Waals surface area (Å²) < 4.78 is 5.24. The first-order valence-electron chi connectivity index (χ1n) is 9.90. The topological polar surface area (TPSA) is 51.5 Å². The SMILES string of the molecule is C1=Cc2ccccc2NC1.N#Cc1ccccc1N1CCN(C2COC2)CC1. The number of anilines is 2. The highest BCUT2D eigenvalue weighted by molar-refractivity contribution is 5.69. The molecule has 5 rings (SSSR count). The second-order valence-corrected chi connectivity index (χ2v) is 7.21. The molecule has 0 bridgehead atoms. The first kappa shape index (κ1) is 18.5. The molecule has 0 saturated carbocycles. The molecule has 2 fully saturated rings. The predicted molar refractivity (Wildman–Crippen MR) is 114 cm³/mol. The molecular formula is C23H26N4O. The van der Waals surface area contributed by atoms with E-state index >= 15 is 0 Å². The number of hydrogen-bond donors (Lipinski definition) is 1. The average Bonchev–Trinajstić information content (AvgIpc) is 2.74. The van der Waals surface area contributed by atoms with Gasteiger partial charge in [0.2, 0.25) is 0 Å². The lowest BCUT2D eigenvalue weighted by atomic mass is 10.1. The molecular weight excluding hydrogens is 348 g/mol. The van der Waals surface area contributed by atoms with Crippen LogP contribution in [0.4, 0.5) is 11.4 Å². The van der Waals surface area contributed by atoms with Crippen molar-refractivity contribution in [1.29, 1.82) is 5.26 Å². The van der Waals surface area contributed by atoms with Gasteiger partial charge >= 0.3 is 0 Å². The molecule has 2 saturated heterocycles. The molecule has 0 spiro atoms. The molecule has 0 atom stereocenters. The Morgan fingerprint density at radius 3 is 2.43 bits per heavy atom. The second kappa shape index (κ2) is 8.92. The number of ether oxygens (including phenoxy) is 1. The molecule has 0 unspecified atom stereocenters. The van der Waals surface area contributed by atoms with E-state index in [1.54, 1.807) is 0 Å². The number of rotatable bonds is 2. The zero-order valence-corrected chi connectivity index (χ0v) is 16.1. The fourth-order valence-electron chi connectivity index (χ4n) is 3.76. The smallest absolute Gasteiger partial charge is 0.101 e. The van der Waals surface area contributed by atoms with Gasteiger partial charge in [0.05, 0.1) is 30.5 Å². The Kier molecular flexibility index (Phi) is 5.91. The van der Waals surface area contributed by atoms with Crippen LogP contribution in [0.5, 0.6) is 0 Å². The lowest BCUT2D eigenvalue weighted by Gasteiger charge is -2.43. The molecule has 5 nitrogen and oxygen atoms in total. The van der Waals surface area contributed by atoms with Crippen LogP contribution < -0.4 is 10.2 Å². The van der Waals surface area contributed by atoms with E-state index in [4.69, 9.17) is 10.00 Å². The van der Waals surface area contributed by atoms with Gasteiger partial charge in [0.15, 0.2) is 0 Å². The lowest BCUT2D eigenvalue weighted by Crippen LogP contribution is -2.56. The zero-order valence-electron chi connectivity index (χ0n) is 16.1. The summed E-state index contributed by atoms with van der Waals surface area (Å²) >= 11 is 0. The lowest BCUT2D eigenvalue weighted by molar-refractivity contribution is -0.0660. The molecule has 0 aromatic heterocycles. The third-order valence-corrected chi connectivity index (χ3v) is 5.48. The number of para-hydroxylation sites is 2. The molecule has 2 aromatic rings. The summed E-state index contributed by atoms with van der Waals surface area (Å²) in [6.07, 6.45) is 4.27. The summed E-state index contributed by atoms with van der Waals surface area (Å²) in [7, 11) is 0. The van der Waals surface area contributed by atoms with Crippen LogP contribution in [0.15, 0.2) is 54.6 Å². The van der Waals surface area contributed by atoms with E-state index in [2.05, 4.69) is 51.5 Å². The summed E-state index contributed by atoms with van der Waals surface area (Å²) in [5.74, 6) is 0. The van der Waals surface area contributed by atoms with Crippen molar-refractivity contribution in [2.45, 2.75) is 6.04 Å². The number of benzene rings is 2. The highest BCUT2D eigenvalue weighted by Crippen LogP contribution is 2.22. The maximum atomic E-state index is 9.13. The highest BCUT2D eigenvalue weighted by Gasteiger charge is 2.29. The highest BCUT2D eigenvalue weighted by atomic mass is 16.5. The molecule has 2 aromatic carbocycles. The first-order chi connectivity index (χ1) is 13.8. The monoisotopic (exact) mass is 374 g/mol. The molecule has 1 N–H and O–H groups in total. The Bertz CT molecular complexity index is 861. The van der Waals surface area contributed by atoms with Crippen LogP contribution in [0.1, 0.15) is 11.1 Å². The van der Waals surface area contributed by atoms with Crippen molar-refractivity contribution < 1.29 is 4.74 Å². The van der Waals surface area contributed by atoms with Crippen LogP contribution in [-0.2, 0) is 4.74 Å². The van der Waals surface area contributed by atoms with Gasteiger partial charge in [-0.15, -0.1) is 0 Å². The third-order valence-electron chi connectivity index (χ3n) is 5.48. The summed E-state index contributed by atoms with van der Waals surface area (Å²) in [5, 5.41) is 12.4. The summed E-state index contributed by atoms with van der Waals surface area (Å²) in [6, 6.07) is 19.1. The number of nitrogens with one attached hydrogen (secondary N) is 1. The van der Waals surface area contributed by atoms with E-state index in [1.165, 1.54) is 11.3 Å². The largest absolute Gasteiger partial charge is 0.381 e. The van der Waals surface area contributed by atoms with Crippen LogP contribution in [0.2, 0.25) is 0 Å². The van der Waals surface area contributed by atoms with Crippen LogP contribution in [0.3, 0.4) is 0 Å². The predicted octanol–water partition coefficient (Wildman–Crippen LogP) is 3.20. The van der Waals surface area contributed by atoms with E-state index in [1.807, 2.05) is 30.3 Å². The molecule has 0 radical (unpaired) electrons. The Morgan fingerprint density at radius 1 is 0.964 bits per heavy atom. The Labute approximate surface area is 166 Å². The van der Waals surface area contributed by atoms with Gasteiger partial charge in [-0.2, -0.15) is 5.26 Å². The van der Waals surface area contributed by atoms with Crippen molar-refractivity contribution in [3.8, 4) is 6.07 Å². The zero-order chi connectivity index (χ0) is 19.2. The average molecular weight is 374 g/mol. The maximum absolute atomic E-state index is 9.13. The normalized spacial score (nSPS) is 18.8. The van der Waals surface area contributed by atoms with E-state index in [9.17, 15) is 0 Å². The summed E-state index contributed by atoms with van der Waals surface area (Å²) in [5.41, 5.74) is 4.38. The van der Waals surface area contributed by atoms with Crippen LogP contribution in [-0.4, -0.2) is 56.9 Å². The molecule has 28 heavy (non-hydrogen) atoms. The van der Waals surface area contributed by atoms with E-state index < -0.39 is 0 Å².